The van der Waals surface area contributed by atoms with Crippen LogP contribution in [0.5, 0.6) is 5.75 Å². The summed E-state index contributed by atoms with van der Waals surface area (Å²) in [5, 5.41) is 4.20. The molecule has 0 bridgehead atoms. The van der Waals surface area contributed by atoms with Crippen LogP contribution in [-0.4, -0.2) is 11.5 Å². The molecule has 0 saturated carbocycles. The van der Waals surface area contributed by atoms with E-state index in [0.717, 1.165) is 26.7 Å². The number of hydrogen-bond acceptors (Lipinski definition) is 4. The molecule has 3 aromatic rings. The second-order valence-electron chi connectivity index (χ2n) is 4.65. The Morgan fingerprint density at radius 1 is 1.25 bits per heavy atom. The zero-order valence-electron chi connectivity index (χ0n) is 10.5. The van der Waals surface area contributed by atoms with Gasteiger partial charge in [0.15, 0.2) is 6.10 Å². The first kappa shape index (κ1) is 11.7. The van der Waals surface area contributed by atoms with Crippen molar-refractivity contribution in [1.29, 1.82) is 0 Å². The van der Waals surface area contributed by atoms with E-state index in [-0.39, 0.29) is 11.9 Å². The number of para-hydroxylation sites is 2. The van der Waals surface area contributed by atoms with Gasteiger partial charge in [-0.2, -0.15) is 0 Å². The van der Waals surface area contributed by atoms with E-state index in [9.17, 15) is 4.39 Å². The molecular weight excluding hydrogens is 275 g/mol. The van der Waals surface area contributed by atoms with E-state index >= 15 is 0 Å². The molecule has 4 rings (SSSR count). The van der Waals surface area contributed by atoms with Crippen molar-refractivity contribution in [2.45, 2.75) is 6.10 Å². The van der Waals surface area contributed by atoms with Crippen LogP contribution in [0.15, 0.2) is 42.5 Å². The third-order valence-corrected chi connectivity index (χ3v) is 4.39. The lowest BCUT2D eigenvalue weighted by atomic mass is 10.2. The number of rotatable bonds is 1. The van der Waals surface area contributed by atoms with E-state index in [2.05, 4.69) is 10.3 Å². The summed E-state index contributed by atoms with van der Waals surface area (Å²) in [5.41, 5.74) is 1.81. The minimum absolute atomic E-state index is 0.134. The van der Waals surface area contributed by atoms with Crippen LogP contribution in [-0.2, 0) is 0 Å². The predicted octanol–water partition coefficient (Wildman–Crippen LogP) is 3.98. The molecule has 0 amide bonds. The van der Waals surface area contributed by atoms with Crippen molar-refractivity contribution in [3.8, 4) is 5.75 Å². The smallest absolute Gasteiger partial charge is 0.167 e. The van der Waals surface area contributed by atoms with Gasteiger partial charge >= 0.3 is 0 Å². The van der Waals surface area contributed by atoms with Crippen molar-refractivity contribution < 1.29 is 9.13 Å². The minimum Gasteiger partial charge on any atom is -0.479 e. The number of benzene rings is 2. The molecule has 1 N–H and O–H groups in total. The second-order valence-corrected chi connectivity index (χ2v) is 5.71. The molecule has 1 aliphatic heterocycles. The Morgan fingerprint density at radius 2 is 2.15 bits per heavy atom. The van der Waals surface area contributed by atoms with E-state index in [0.29, 0.717) is 6.54 Å². The monoisotopic (exact) mass is 286 g/mol. The topological polar surface area (TPSA) is 34.2 Å². The van der Waals surface area contributed by atoms with E-state index in [1.807, 2.05) is 24.3 Å². The zero-order valence-corrected chi connectivity index (χ0v) is 11.3. The van der Waals surface area contributed by atoms with Crippen molar-refractivity contribution in [2.75, 3.05) is 11.9 Å². The molecule has 1 aromatic heterocycles. The molecule has 2 heterocycles. The summed E-state index contributed by atoms with van der Waals surface area (Å²) in [4.78, 5) is 4.54. The van der Waals surface area contributed by atoms with Crippen LogP contribution in [0.1, 0.15) is 11.1 Å². The van der Waals surface area contributed by atoms with Gasteiger partial charge < -0.3 is 10.1 Å². The van der Waals surface area contributed by atoms with Crippen LogP contribution in [0.4, 0.5) is 10.1 Å². The maximum atomic E-state index is 13.2. The van der Waals surface area contributed by atoms with E-state index < -0.39 is 0 Å². The fourth-order valence-electron chi connectivity index (χ4n) is 2.30. The molecule has 2 aromatic carbocycles. The first-order valence-electron chi connectivity index (χ1n) is 6.35. The molecule has 0 aliphatic carbocycles. The molecule has 1 aliphatic rings. The van der Waals surface area contributed by atoms with Gasteiger partial charge in [-0.15, -0.1) is 11.3 Å². The minimum atomic E-state index is -0.235. The van der Waals surface area contributed by atoms with Gasteiger partial charge in [0.2, 0.25) is 0 Å². The summed E-state index contributed by atoms with van der Waals surface area (Å²) in [5.74, 6) is 0.593. The van der Waals surface area contributed by atoms with Crippen LogP contribution < -0.4 is 10.1 Å². The first-order valence-corrected chi connectivity index (χ1v) is 7.17. The number of nitrogens with zero attached hydrogens (tertiary/aromatic N) is 1. The Labute approximate surface area is 119 Å². The van der Waals surface area contributed by atoms with Gasteiger partial charge in [0.05, 0.1) is 22.4 Å². The number of ether oxygens (including phenoxy) is 1. The number of thiazole rings is 1. The zero-order chi connectivity index (χ0) is 13.5. The third kappa shape index (κ3) is 1.91. The summed E-state index contributed by atoms with van der Waals surface area (Å²) >= 11 is 1.48. The summed E-state index contributed by atoms with van der Waals surface area (Å²) in [6.07, 6.45) is -0.134. The highest BCUT2D eigenvalue weighted by molar-refractivity contribution is 7.18. The summed E-state index contributed by atoms with van der Waals surface area (Å²) < 4.78 is 20.0. The van der Waals surface area contributed by atoms with E-state index in [4.69, 9.17) is 4.74 Å². The Morgan fingerprint density at radius 3 is 3.10 bits per heavy atom. The highest BCUT2D eigenvalue weighted by atomic mass is 32.1. The van der Waals surface area contributed by atoms with Crippen molar-refractivity contribution in [1.82, 2.24) is 4.98 Å². The molecule has 1 unspecified atom stereocenters. The predicted molar refractivity (Wildman–Crippen MR) is 77.9 cm³/mol. The average Bonchev–Trinajstić information content (AvgIpc) is 2.89. The van der Waals surface area contributed by atoms with Crippen LogP contribution in [0.25, 0.3) is 10.2 Å². The lowest BCUT2D eigenvalue weighted by Gasteiger charge is -2.25. The first-order chi connectivity index (χ1) is 9.79. The van der Waals surface area contributed by atoms with Gasteiger partial charge in [-0.05, 0) is 30.3 Å². The van der Waals surface area contributed by atoms with Gasteiger partial charge in [0, 0.05) is 0 Å². The molecule has 3 nitrogen and oxygen atoms in total. The Hall–Kier alpha value is -2.14. The van der Waals surface area contributed by atoms with Crippen LogP contribution >= 0.6 is 11.3 Å². The SMILES string of the molecule is Fc1ccc2nc(C3CNc4ccccc4O3)sc2c1. The van der Waals surface area contributed by atoms with E-state index in [1.54, 1.807) is 6.07 Å². The molecule has 1 atom stereocenters. The molecule has 20 heavy (non-hydrogen) atoms. The van der Waals surface area contributed by atoms with Gasteiger partial charge in [0.25, 0.3) is 0 Å². The standard InChI is InChI=1S/C15H11FN2OS/c16-9-5-6-11-14(7-9)20-15(18-11)13-8-17-10-3-1-2-4-12(10)19-13/h1-7,13,17H,8H2. The van der Waals surface area contributed by atoms with Crippen LogP contribution in [0, 0.1) is 5.82 Å². The molecule has 0 spiro atoms. The normalized spacial score (nSPS) is 17.4. The third-order valence-electron chi connectivity index (χ3n) is 3.28. The number of nitrogens with one attached hydrogen (secondary N) is 1. The summed E-state index contributed by atoms with van der Waals surface area (Å²) in [6, 6.07) is 12.5. The Kier molecular flexibility index (Phi) is 2.60. The van der Waals surface area contributed by atoms with Crippen LogP contribution in [0.2, 0.25) is 0 Å². The highest BCUT2D eigenvalue weighted by Gasteiger charge is 2.23. The van der Waals surface area contributed by atoms with Gasteiger partial charge in [-0.1, -0.05) is 12.1 Å². The van der Waals surface area contributed by atoms with Crippen molar-refractivity contribution in [2.24, 2.45) is 0 Å². The fourth-order valence-corrected chi connectivity index (χ4v) is 3.33. The Balaban J connectivity index is 1.70. The maximum Gasteiger partial charge on any atom is 0.167 e. The van der Waals surface area contributed by atoms with Gasteiger partial charge in [0.1, 0.15) is 16.6 Å². The fraction of sp³-hybridized carbons (Fsp3) is 0.133. The second kappa shape index (κ2) is 4.45. The lowest BCUT2D eigenvalue weighted by Crippen LogP contribution is -2.23. The molecule has 100 valence electrons. The number of fused-ring (bicyclic) bond motifs is 2. The van der Waals surface area contributed by atoms with Crippen LogP contribution in [0.3, 0.4) is 0 Å². The number of aromatic nitrogens is 1. The van der Waals surface area contributed by atoms with Crippen molar-refractivity contribution in [3.05, 3.63) is 53.3 Å². The number of anilines is 1. The van der Waals surface area contributed by atoms with Gasteiger partial charge in [-0.25, -0.2) is 9.37 Å². The van der Waals surface area contributed by atoms with Crippen molar-refractivity contribution in [3.63, 3.8) is 0 Å². The molecular formula is C15H11FN2OS. The molecule has 0 saturated heterocycles. The lowest BCUT2D eigenvalue weighted by molar-refractivity contribution is 0.210. The number of halogens is 1. The maximum absolute atomic E-state index is 13.2. The molecule has 0 fully saturated rings. The summed E-state index contributed by atoms with van der Waals surface area (Å²) in [6.45, 7) is 0.666. The van der Waals surface area contributed by atoms with Gasteiger partial charge in [-0.3, -0.25) is 0 Å². The van der Waals surface area contributed by atoms with Crippen molar-refractivity contribution >= 4 is 27.2 Å². The average molecular weight is 286 g/mol. The molecule has 5 heteroatoms. The summed E-state index contributed by atoms with van der Waals surface area (Å²) in [7, 11) is 0. The highest BCUT2D eigenvalue weighted by Crippen LogP contribution is 2.36. The Bertz CT molecular complexity index is 786. The largest absolute Gasteiger partial charge is 0.479 e. The number of hydrogen-bond donors (Lipinski definition) is 1. The molecule has 0 radical (unpaired) electrons. The van der Waals surface area contributed by atoms with E-state index in [1.165, 1.54) is 23.5 Å². The quantitative estimate of drug-likeness (QED) is 0.734.